The molecule has 1 saturated carbocycles. The number of ketones is 1. The van der Waals surface area contributed by atoms with E-state index in [1.54, 1.807) is 0 Å². The van der Waals surface area contributed by atoms with Crippen molar-refractivity contribution in [2.24, 2.45) is 5.92 Å². The Morgan fingerprint density at radius 3 is 2.71 bits per heavy atom. The maximum atomic E-state index is 12.1. The summed E-state index contributed by atoms with van der Waals surface area (Å²) in [7, 11) is 1.44. The van der Waals surface area contributed by atoms with E-state index in [1.807, 2.05) is 20.8 Å². The zero-order valence-electron chi connectivity index (χ0n) is 12.9. The first-order chi connectivity index (χ1) is 9.85. The van der Waals surface area contributed by atoms with Crippen LogP contribution in [0.3, 0.4) is 0 Å². The van der Waals surface area contributed by atoms with Gasteiger partial charge in [-0.2, -0.15) is 0 Å². The van der Waals surface area contributed by atoms with Gasteiger partial charge in [-0.1, -0.05) is 18.6 Å². The van der Waals surface area contributed by atoms with Crippen molar-refractivity contribution in [1.82, 2.24) is 0 Å². The topological polar surface area (TPSA) is 71.6 Å². The zero-order chi connectivity index (χ0) is 15.4. The van der Waals surface area contributed by atoms with E-state index in [-0.39, 0.29) is 11.7 Å². The summed E-state index contributed by atoms with van der Waals surface area (Å²) in [6.07, 6.45) is 2.03. The minimum Gasteiger partial charge on any atom is -0.455 e. The number of epoxide rings is 1. The number of aliphatic hydroxyl groups is 1. The molecule has 3 rings (SSSR count). The molecule has 0 aromatic heterocycles. The zero-order valence-corrected chi connectivity index (χ0v) is 12.9. The summed E-state index contributed by atoms with van der Waals surface area (Å²) in [5, 5.41) is 11.2. The molecular weight excluding hydrogens is 272 g/mol. The van der Waals surface area contributed by atoms with Gasteiger partial charge in [-0.3, -0.25) is 4.79 Å². The van der Waals surface area contributed by atoms with Crippen LogP contribution in [0.2, 0.25) is 0 Å². The number of carbonyl (C=O) groups is 1. The van der Waals surface area contributed by atoms with Crippen LogP contribution in [0, 0.1) is 5.92 Å². The lowest BCUT2D eigenvalue weighted by Gasteiger charge is -2.39. The van der Waals surface area contributed by atoms with E-state index < -0.39 is 17.3 Å². The van der Waals surface area contributed by atoms with Crippen molar-refractivity contribution >= 4 is 5.78 Å². The fourth-order valence-corrected chi connectivity index (χ4v) is 3.42. The van der Waals surface area contributed by atoms with Crippen LogP contribution >= 0.6 is 0 Å². The van der Waals surface area contributed by atoms with Crippen molar-refractivity contribution in [3.63, 3.8) is 0 Å². The highest BCUT2D eigenvalue weighted by atomic mass is 16.6. The average molecular weight is 294 g/mol. The van der Waals surface area contributed by atoms with Crippen molar-refractivity contribution in [2.75, 3.05) is 13.7 Å². The molecule has 0 aromatic carbocycles. The predicted molar refractivity (Wildman–Crippen MR) is 75.4 cm³/mol. The molecule has 2 fully saturated rings. The van der Waals surface area contributed by atoms with Crippen molar-refractivity contribution in [3.8, 4) is 0 Å². The van der Waals surface area contributed by atoms with E-state index in [0.717, 1.165) is 5.76 Å². The van der Waals surface area contributed by atoms with Crippen molar-refractivity contribution in [2.45, 2.75) is 50.9 Å². The molecule has 116 valence electrons. The normalized spacial score (nSPS) is 39.1. The molecule has 0 aromatic rings. The van der Waals surface area contributed by atoms with Crippen LogP contribution in [0.25, 0.3) is 0 Å². The smallest absolute Gasteiger partial charge is 0.190 e. The number of Topliss-reactive ketones (excluding diaryl/α,β-unsaturated/α-hetero) is 1. The Labute approximate surface area is 124 Å². The van der Waals surface area contributed by atoms with E-state index in [4.69, 9.17) is 14.2 Å². The highest BCUT2D eigenvalue weighted by Gasteiger charge is 2.74. The van der Waals surface area contributed by atoms with Gasteiger partial charge in [0.1, 0.15) is 5.60 Å². The van der Waals surface area contributed by atoms with E-state index in [1.165, 1.54) is 12.7 Å². The van der Waals surface area contributed by atoms with E-state index in [2.05, 4.69) is 6.08 Å². The lowest BCUT2D eigenvalue weighted by Crippen LogP contribution is -2.61. The third-order valence-electron chi connectivity index (χ3n) is 4.61. The van der Waals surface area contributed by atoms with Gasteiger partial charge in [-0.15, -0.1) is 0 Å². The second-order valence-corrected chi connectivity index (χ2v) is 6.46. The molecule has 1 saturated heterocycles. The monoisotopic (exact) mass is 294 g/mol. The van der Waals surface area contributed by atoms with Gasteiger partial charge < -0.3 is 19.3 Å². The number of allylic oxidation sites excluding steroid dienone is 2. The van der Waals surface area contributed by atoms with Gasteiger partial charge in [-0.25, -0.2) is 0 Å². The first-order valence-electron chi connectivity index (χ1n) is 7.35. The van der Waals surface area contributed by atoms with Crippen LogP contribution in [0.5, 0.6) is 0 Å². The molecule has 0 bridgehead atoms. The summed E-state index contributed by atoms with van der Waals surface area (Å²) >= 11 is 0. The fourth-order valence-electron chi connectivity index (χ4n) is 3.42. The third kappa shape index (κ3) is 2.06. The van der Waals surface area contributed by atoms with E-state index >= 15 is 0 Å². The summed E-state index contributed by atoms with van der Waals surface area (Å²) in [6.45, 7) is 6.47. The molecule has 0 amide bonds. The molecule has 1 spiro atoms. The first-order valence-corrected chi connectivity index (χ1v) is 7.35. The number of methoxy groups -OCH3 is 1. The van der Waals surface area contributed by atoms with Crippen LogP contribution in [0.1, 0.15) is 33.6 Å². The minimum atomic E-state index is -1.49. The van der Waals surface area contributed by atoms with Gasteiger partial charge in [0.15, 0.2) is 29.0 Å². The van der Waals surface area contributed by atoms with Gasteiger partial charge in [-0.05, 0) is 20.3 Å². The largest absolute Gasteiger partial charge is 0.455 e. The molecule has 4 atom stereocenters. The van der Waals surface area contributed by atoms with Crippen LogP contribution in [0.4, 0.5) is 0 Å². The lowest BCUT2D eigenvalue weighted by atomic mass is 9.71. The number of ether oxygens (including phenoxy) is 3. The van der Waals surface area contributed by atoms with E-state index in [9.17, 15) is 9.90 Å². The summed E-state index contributed by atoms with van der Waals surface area (Å²) in [5.74, 6) is 1.16. The van der Waals surface area contributed by atoms with Crippen LogP contribution < -0.4 is 0 Å². The molecule has 21 heavy (non-hydrogen) atoms. The predicted octanol–water partition coefficient (Wildman–Crippen LogP) is 1.71. The molecule has 2 aliphatic heterocycles. The quantitative estimate of drug-likeness (QED) is 0.631. The first kappa shape index (κ1) is 14.8. The second kappa shape index (κ2) is 4.66. The number of carbonyl (C=O) groups excluding carboxylic acids is 1. The Hall–Kier alpha value is -1.17. The number of hydrogen-bond acceptors (Lipinski definition) is 5. The fraction of sp³-hybridized carbons (Fsp3) is 0.688. The molecule has 5 heteroatoms. The van der Waals surface area contributed by atoms with Gasteiger partial charge in [0.2, 0.25) is 0 Å². The van der Waals surface area contributed by atoms with Gasteiger partial charge in [0, 0.05) is 19.4 Å². The van der Waals surface area contributed by atoms with Gasteiger partial charge in [0.25, 0.3) is 0 Å². The standard InChI is InChI=1S/C16H22O5/c1-9(2)7-10(3)12-14(21-12)16(18)13(19-4)11(17)5-6-15(16)8-20-15/h7,10,13,18H,5-6,8H2,1-4H3. The van der Waals surface area contributed by atoms with Crippen LogP contribution in [0.15, 0.2) is 23.2 Å². The summed E-state index contributed by atoms with van der Waals surface area (Å²) in [5.41, 5.74) is -1.03. The van der Waals surface area contributed by atoms with Crippen molar-refractivity contribution in [1.29, 1.82) is 0 Å². The molecule has 5 nitrogen and oxygen atoms in total. The Balaban J connectivity index is 1.96. The highest BCUT2D eigenvalue weighted by molar-refractivity contribution is 5.87. The average Bonchev–Trinajstić information content (AvgIpc) is 3.28. The molecule has 2 heterocycles. The highest BCUT2D eigenvalue weighted by Crippen LogP contribution is 2.57. The van der Waals surface area contributed by atoms with Gasteiger partial charge in [0.05, 0.1) is 6.61 Å². The Kier molecular flexibility index (Phi) is 3.28. The Morgan fingerprint density at radius 1 is 1.52 bits per heavy atom. The van der Waals surface area contributed by atoms with Crippen molar-refractivity contribution in [3.05, 3.63) is 23.2 Å². The second-order valence-electron chi connectivity index (χ2n) is 6.46. The molecular formula is C16H22O5. The van der Waals surface area contributed by atoms with Crippen LogP contribution in [-0.2, 0) is 19.0 Å². The SMILES string of the molecule is COC1C(=O)CCC2(CO2)C1(O)C1=C(C(C)C=C(C)C)O1. The number of hydrogen-bond donors (Lipinski definition) is 1. The van der Waals surface area contributed by atoms with Gasteiger partial charge >= 0.3 is 0 Å². The Morgan fingerprint density at radius 2 is 2.19 bits per heavy atom. The Bertz CT molecular complexity index is 539. The summed E-state index contributed by atoms with van der Waals surface area (Å²) in [6, 6.07) is 0. The summed E-state index contributed by atoms with van der Waals surface area (Å²) < 4.78 is 16.4. The number of rotatable bonds is 4. The molecule has 1 aliphatic carbocycles. The molecule has 4 unspecified atom stereocenters. The van der Waals surface area contributed by atoms with E-state index in [0.29, 0.717) is 25.2 Å². The molecule has 3 aliphatic rings. The maximum Gasteiger partial charge on any atom is 0.190 e. The van der Waals surface area contributed by atoms with Crippen molar-refractivity contribution < 1.29 is 24.1 Å². The molecule has 1 N–H and O–H groups in total. The van der Waals surface area contributed by atoms with Crippen LogP contribution in [-0.4, -0.2) is 41.9 Å². The third-order valence-corrected chi connectivity index (χ3v) is 4.61. The lowest BCUT2D eigenvalue weighted by molar-refractivity contribution is -0.165. The minimum absolute atomic E-state index is 0.0689. The summed E-state index contributed by atoms with van der Waals surface area (Å²) in [4.78, 5) is 12.1. The maximum absolute atomic E-state index is 12.1. The molecule has 0 radical (unpaired) electrons.